The van der Waals surface area contributed by atoms with Crippen LogP contribution in [0.3, 0.4) is 0 Å². The highest BCUT2D eigenvalue weighted by Crippen LogP contribution is 2.30. The van der Waals surface area contributed by atoms with Crippen LogP contribution < -0.4 is 14.2 Å². The first kappa shape index (κ1) is 18.2. The first-order chi connectivity index (χ1) is 13.0. The van der Waals surface area contributed by atoms with E-state index >= 15 is 0 Å². The molecule has 0 radical (unpaired) electrons. The summed E-state index contributed by atoms with van der Waals surface area (Å²) in [6.45, 7) is 1.30. The lowest BCUT2D eigenvalue weighted by Crippen LogP contribution is -2.05. The van der Waals surface area contributed by atoms with E-state index in [1.165, 1.54) is 14.0 Å². The summed E-state index contributed by atoms with van der Waals surface area (Å²) in [7, 11) is 3.04. The van der Waals surface area contributed by atoms with E-state index < -0.39 is 11.9 Å². The van der Waals surface area contributed by atoms with Crippen molar-refractivity contribution >= 4 is 23.9 Å². The number of hydrogen-bond acceptors (Lipinski definition) is 7. The van der Waals surface area contributed by atoms with Gasteiger partial charge in [-0.15, -0.1) is 0 Å². The van der Waals surface area contributed by atoms with Gasteiger partial charge in [0.1, 0.15) is 5.75 Å². The van der Waals surface area contributed by atoms with Gasteiger partial charge in [-0.25, -0.2) is 9.79 Å². The monoisotopic (exact) mass is 367 g/mol. The standard InChI is InChI=1S/C20H17NO6/c1-12(22)26-18-11-13(4-9-17(18)25-3)10-16-20(23)27-19(21-16)14-5-7-15(24-2)8-6-14/h4-11H,1-3H3/b16-10-. The van der Waals surface area contributed by atoms with Crippen LogP contribution in [-0.4, -0.2) is 32.1 Å². The highest BCUT2D eigenvalue weighted by Gasteiger charge is 2.24. The zero-order valence-corrected chi connectivity index (χ0v) is 15.0. The fourth-order valence-corrected chi connectivity index (χ4v) is 2.44. The molecular weight excluding hydrogens is 350 g/mol. The Morgan fingerprint density at radius 2 is 1.78 bits per heavy atom. The molecule has 27 heavy (non-hydrogen) atoms. The van der Waals surface area contributed by atoms with Gasteiger partial charge in [0.2, 0.25) is 5.90 Å². The van der Waals surface area contributed by atoms with Crippen molar-refractivity contribution in [2.75, 3.05) is 14.2 Å². The molecular formula is C20H17NO6. The summed E-state index contributed by atoms with van der Waals surface area (Å²) in [6.07, 6.45) is 1.55. The number of carbonyl (C=O) groups excluding carboxylic acids is 2. The molecule has 0 saturated heterocycles. The molecule has 2 aromatic carbocycles. The molecule has 2 aromatic rings. The van der Waals surface area contributed by atoms with E-state index in [4.69, 9.17) is 18.9 Å². The summed E-state index contributed by atoms with van der Waals surface area (Å²) < 4.78 is 20.6. The maximum absolute atomic E-state index is 12.1. The van der Waals surface area contributed by atoms with Crippen LogP contribution in [0.2, 0.25) is 0 Å². The summed E-state index contributed by atoms with van der Waals surface area (Å²) in [5, 5.41) is 0. The van der Waals surface area contributed by atoms with Crippen molar-refractivity contribution in [1.82, 2.24) is 0 Å². The second kappa shape index (κ2) is 7.74. The molecule has 1 heterocycles. The highest BCUT2D eigenvalue weighted by molar-refractivity contribution is 6.12. The van der Waals surface area contributed by atoms with Gasteiger partial charge in [-0.3, -0.25) is 4.79 Å². The number of benzene rings is 2. The minimum Gasteiger partial charge on any atom is -0.497 e. The molecule has 138 valence electrons. The molecule has 0 bridgehead atoms. The van der Waals surface area contributed by atoms with Crippen LogP contribution in [0.5, 0.6) is 17.2 Å². The van der Waals surface area contributed by atoms with E-state index in [9.17, 15) is 9.59 Å². The van der Waals surface area contributed by atoms with Crippen LogP contribution in [0.15, 0.2) is 53.2 Å². The number of cyclic esters (lactones) is 1. The third kappa shape index (κ3) is 4.14. The van der Waals surface area contributed by atoms with E-state index in [1.54, 1.807) is 55.7 Å². The van der Waals surface area contributed by atoms with E-state index in [2.05, 4.69) is 4.99 Å². The van der Waals surface area contributed by atoms with Gasteiger partial charge in [0, 0.05) is 12.5 Å². The Hall–Kier alpha value is -3.61. The molecule has 3 rings (SSSR count). The molecule has 0 saturated carbocycles. The summed E-state index contributed by atoms with van der Waals surface area (Å²) in [6, 6.07) is 11.9. The van der Waals surface area contributed by atoms with Crippen molar-refractivity contribution < 1.29 is 28.5 Å². The van der Waals surface area contributed by atoms with Crippen LogP contribution in [0.25, 0.3) is 6.08 Å². The molecule has 0 aromatic heterocycles. The van der Waals surface area contributed by atoms with E-state index in [1.807, 2.05) is 0 Å². The van der Waals surface area contributed by atoms with Gasteiger partial charge in [0.05, 0.1) is 14.2 Å². The number of carbonyl (C=O) groups is 2. The molecule has 0 unspecified atom stereocenters. The SMILES string of the molecule is COc1ccc(C2=N/C(=C\c3ccc(OC)c(OC(C)=O)c3)C(=O)O2)cc1. The Labute approximate surface area is 155 Å². The molecule has 0 amide bonds. The average Bonchev–Trinajstić information content (AvgIpc) is 3.02. The van der Waals surface area contributed by atoms with Gasteiger partial charge in [-0.05, 0) is 48.0 Å². The van der Waals surface area contributed by atoms with Gasteiger partial charge in [0.25, 0.3) is 0 Å². The zero-order chi connectivity index (χ0) is 19.4. The first-order valence-electron chi connectivity index (χ1n) is 8.03. The van der Waals surface area contributed by atoms with Crippen LogP contribution in [0.1, 0.15) is 18.1 Å². The highest BCUT2D eigenvalue weighted by atomic mass is 16.6. The maximum atomic E-state index is 12.1. The van der Waals surface area contributed by atoms with Crippen LogP contribution in [0, 0.1) is 0 Å². The second-order valence-corrected chi connectivity index (χ2v) is 5.57. The molecule has 0 spiro atoms. The fourth-order valence-electron chi connectivity index (χ4n) is 2.44. The number of methoxy groups -OCH3 is 2. The largest absolute Gasteiger partial charge is 0.497 e. The first-order valence-corrected chi connectivity index (χ1v) is 8.03. The van der Waals surface area contributed by atoms with Crippen molar-refractivity contribution in [2.24, 2.45) is 4.99 Å². The lowest BCUT2D eigenvalue weighted by Gasteiger charge is -2.08. The Bertz CT molecular complexity index is 943. The van der Waals surface area contributed by atoms with Crippen molar-refractivity contribution in [1.29, 1.82) is 0 Å². The topological polar surface area (TPSA) is 83.4 Å². The molecule has 0 fully saturated rings. The number of hydrogen-bond donors (Lipinski definition) is 0. The molecule has 7 heteroatoms. The average molecular weight is 367 g/mol. The summed E-state index contributed by atoms with van der Waals surface area (Å²) in [5.41, 5.74) is 1.40. The molecule has 0 N–H and O–H groups in total. The molecule has 7 nitrogen and oxygen atoms in total. The summed E-state index contributed by atoms with van der Waals surface area (Å²) >= 11 is 0. The Morgan fingerprint density at radius 3 is 2.41 bits per heavy atom. The molecule has 1 aliphatic heterocycles. The van der Waals surface area contributed by atoms with Crippen molar-refractivity contribution in [3.63, 3.8) is 0 Å². The quantitative estimate of drug-likeness (QED) is 0.459. The maximum Gasteiger partial charge on any atom is 0.363 e. The second-order valence-electron chi connectivity index (χ2n) is 5.57. The Balaban J connectivity index is 1.90. The van der Waals surface area contributed by atoms with E-state index in [0.717, 1.165) is 0 Å². The van der Waals surface area contributed by atoms with Crippen LogP contribution >= 0.6 is 0 Å². The fraction of sp³-hybridized carbons (Fsp3) is 0.150. The number of nitrogens with zero attached hydrogens (tertiary/aromatic N) is 1. The van der Waals surface area contributed by atoms with Crippen molar-refractivity contribution in [3.05, 3.63) is 59.3 Å². The summed E-state index contributed by atoms with van der Waals surface area (Å²) in [4.78, 5) is 27.6. The van der Waals surface area contributed by atoms with Crippen LogP contribution in [-0.2, 0) is 14.3 Å². The normalized spacial score (nSPS) is 14.6. The molecule has 0 atom stereocenters. The van der Waals surface area contributed by atoms with Gasteiger partial charge in [-0.2, -0.15) is 0 Å². The molecule has 1 aliphatic rings. The third-order valence-electron chi connectivity index (χ3n) is 3.70. The summed E-state index contributed by atoms with van der Waals surface area (Å²) in [5.74, 6) is 0.524. The lowest BCUT2D eigenvalue weighted by molar-refractivity contribution is -0.132. The van der Waals surface area contributed by atoms with Gasteiger partial charge in [-0.1, -0.05) is 6.07 Å². The molecule has 0 aliphatic carbocycles. The third-order valence-corrected chi connectivity index (χ3v) is 3.70. The zero-order valence-electron chi connectivity index (χ0n) is 15.0. The Morgan fingerprint density at radius 1 is 1.04 bits per heavy atom. The minimum atomic E-state index is -0.564. The van der Waals surface area contributed by atoms with Crippen molar-refractivity contribution in [3.8, 4) is 17.2 Å². The number of aliphatic imine (C=N–C) groups is 1. The number of esters is 2. The van der Waals surface area contributed by atoms with Crippen molar-refractivity contribution in [2.45, 2.75) is 6.92 Å². The van der Waals surface area contributed by atoms with E-state index in [0.29, 0.717) is 22.6 Å². The number of rotatable bonds is 5. The predicted molar refractivity (Wildman–Crippen MR) is 97.9 cm³/mol. The van der Waals surface area contributed by atoms with E-state index in [-0.39, 0.29) is 17.3 Å². The smallest absolute Gasteiger partial charge is 0.363 e. The minimum absolute atomic E-state index is 0.139. The Kier molecular flexibility index (Phi) is 5.21. The van der Waals surface area contributed by atoms with Crippen LogP contribution in [0.4, 0.5) is 0 Å². The predicted octanol–water partition coefficient (Wildman–Crippen LogP) is 2.97. The van der Waals surface area contributed by atoms with Gasteiger partial charge >= 0.3 is 11.9 Å². The van der Waals surface area contributed by atoms with Gasteiger partial charge < -0.3 is 18.9 Å². The lowest BCUT2D eigenvalue weighted by atomic mass is 10.1. The number of ether oxygens (including phenoxy) is 4. The van der Waals surface area contributed by atoms with Gasteiger partial charge in [0.15, 0.2) is 17.2 Å².